The van der Waals surface area contributed by atoms with Crippen LogP contribution in [0, 0.1) is 0 Å². The van der Waals surface area contributed by atoms with Crippen LogP contribution in [0.15, 0.2) is 65.4 Å². The molecule has 4 aromatic rings. The van der Waals surface area contributed by atoms with Crippen molar-refractivity contribution >= 4 is 11.2 Å². The summed E-state index contributed by atoms with van der Waals surface area (Å²) in [7, 11) is 0. The zero-order chi connectivity index (χ0) is 14.9. The van der Waals surface area contributed by atoms with Crippen molar-refractivity contribution < 1.29 is 9.52 Å². The molecule has 0 bridgehead atoms. The Bertz CT molecular complexity index is 926. The fourth-order valence-corrected chi connectivity index (χ4v) is 2.54. The Morgan fingerprint density at radius 1 is 1.05 bits per heavy atom. The molecule has 0 aliphatic rings. The van der Waals surface area contributed by atoms with E-state index in [9.17, 15) is 5.11 Å². The van der Waals surface area contributed by atoms with Crippen LogP contribution in [-0.4, -0.2) is 19.6 Å². The minimum atomic E-state index is 0.258. The van der Waals surface area contributed by atoms with Crippen LogP contribution >= 0.6 is 0 Å². The molecule has 108 valence electrons. The van der Waals surface area contributed by atoms with Gasteiger partial charge in [0.2, 0.25) is 5.88 Å². The number of aromatic nitrogens is 3. The van der Waals surface area contributed by atoms with Gasteiger partial charge in [-0.2, -0.15) is 0 Å². The topological polar surface area (TPSA) is 64.1 Å². The number of hydrogen-bond acceptors (Lipinski definition) is 4. The Balaban J connectivity index is 1.90. The van der Waals surface area contributed by atoms with Crippen LogP contribution < -0.4 is 0 Å². The van der Waals surface area contributed by atoms with E-state index in [-0.39, 0.29) is 5.75 Å². The van der Waals surface area contributed by atoms with Gasteiger partial charge in [-0.1, -0.05) is 18.2 Å². The maximum atomic E-state index is 9.99. The molecule has 0 radical (unpaired) electrons. The van der Waals surface area contributed by atoms with Crippen molar-refractivity contribution in [3.8, 4) is 11.6 Å². The van der Waals surface area contributed by atoms with Crippen molar-refractivity contribution in [2.75, 3.05) is 0 Å². The first-order chi connectivity index (χ1) is 10.8. The van der Waals surface area contributed by atoms with Crippen molar-refractivity contribution in [2.24, 2.45) is 0 Å². The molecule has 0 unspecified atom stereocenters. The molecule has 0 aliphatic carbocycles. The first kappa shape index (κ1) is 12.6. The number of furan rings is 1. The highest BCUT2D eigenvalue weighted by atomic mass is 16.3. The maximum absolute atomic E-state index is 9.99. The molecular formula is C17H13N3O2. The number of imidazole rings is 1. The molecule has 0 aliphatic heterocycles. The van der Waals surface area contributed by atoms with E-state index in [1.54, 1.807) is 24.6 Å². The third-order valence-corrected chi connectivity index (χ3v) is 3.55. The predicted octanol–water partition coefficient (Wildman–Crippen LogP) is 3.31. The summed E-state index contributed by atoms with van der Waals surface area (Å²) in [5.41, 5.74) is 2.35. The second-order valence-electron chi connectivity index (χ2n) is 4.97. The molecule has 3 aromatic heterocycles. The van der Waals surface area contributed by atoms with Gasteiger partial charge in [0.1, 0.15) is 17.1 Å². The van der Waals surface area contributed by atoms with Crippen molar-refractivity contribution in [3.63, 3.8) is 0 Å². The van der Waals surface area contributed by atoms with E-state index in [2.05, 4.69) is 9.97 Å². The maximum Gasteiger partial charge on any atom is 0.206 e. The molecule has 0 saturated carbocycles. The number of aromatic hydroxyl groups is 1. The fraction of sp³-hybridized carbons (Fsp3) is 0.0588. The second-order valence-corrected chi connectivity index (χ2v) is 4.97. The van der Waals surface area contributed by atoms with Gasteiger partial charge >= 0.3 is 0 Å². The lowest BCUT2D eigenvalue weighted by Gasteiger charge is -2.06. The van der Waals surface area contributed by atoms with Crippen LogP contribution in [-0.2, 0) is 6.42 Å². The van der Waals surface area contributed by atoms with Gasteiger partial charge in [-0.25, -0.2) is 14.5 Å². The molecule has 0 fully saturated rings. The number of para-hydroxylation sites is 1. The Morgan fingerprint density at radius 3 is 2.77 bits per heavy atom. The van der Waals surface area contributed by atoms with Gasteiger partial charge in [-0.05, 0) is 24.3 Å². The Hall–Kier alpha value is -3.08. The number of rotatable bonds is 3. The van der Waals surface area contributed by atoms with Crippen LogP contribution in [0.4, 0.5) is 0 Å². The van der Waals surface area contributed by atoms with E-state index in [0.717, 1.165) is 22.6 Å². The minimum absolute atomic E-state index is 0.258. The van der Waals surface area contributed by atoms with E-state index in [4.69, 9.17) is 4.42 Å². The van der Waals surface area contributed by atoms with Crippen LogP contribution in [0.1, 0.15) is 11.4 Å². The number of fused-ring (bicyclic) bond motifs is 1. The van der Waals surface area contributed by atoms with Gasteiger partial charge in [0.25, 0.3) is 0 Å². The average molecular weight is 291 g/mol. The van der Waals surface area contributed by atoms with Gasteiger partial charge in [-0.15, -0.1) is 0 Å². The van der Waals surface area contributed by atoms with Crippen LogP contribution in [0.5, 0.6) is 5.75 Å². The summed E-state index contributed by atoms with van der Waals surface area (Å²) < 4.78 is 7.39. The number of benzene rings is 1. The quantitative estimate of drug-likeness (QED) is 0.629. The van der Waals surface area contributed by atoms with Crippen molar-refractivity contribution in [1.82, 2.24) is 14.5 Å². The Kier molecular flexibility index (Phi) is 2.89. The summed E-state index contributed by atoms with van der Waals surface area (Å²) in [5.74, 6) is 1.69. The fourth-order valence-electron chi connectivity index (χ4n) is 2.54. The highest BCUT2D eigenvalue weighted by Gasteiger charge is 2.16. The van der Waals surface area contributed by atoms with Gasteiger partial charge < -0.3 is 9.52 Å². The summed E-state index contributed by atoms with van der Waals surface area (Å²) in [6.45, 7) is 0. The molecule has 1 N–H and O–H groups in total. The van der Waals surface area contributed by atoms with Gasteiger partial charge in [0.15, 0.2) is 5.65 Å². The molecular weight excluding hydrogens is 278 g/mol. The lowest BCUT2D eigenvalue weighted by atomic mass is 10.1. The second kappa shape index (κ2) is 5.04. The summed E-state index contributed by atoms with van der Waals surface area (Å²) >= 11 is 0. The number of nitrogens with zero attached hydrogens (tertiary/aromatic N) is 3. The molecule has 5 heteroatoms. The molecule has 0 spiro atoms. The SMILES string of the molecule is Oc1ccccc1Cc1nc2cccnc2n1-c1ccco1. The molecule has 1 aromatic carbocycles. The number of pyridine rings is 1. The summed E-state index contributed by atoms with van der Waals surface area (Å²) in [4.78, 5) is 9.03. The zero-order valence-corrected chi connectivity index (χ0v) is 11.7. The molecule has 5 nitrogen and oxygen atoms in total. The first-order valence-corrected chi connectivity index (χ1v) is 6.96. The number of phenols is 1. The Labute approximate surface area is 126 Å². The summed E-state index contributed by atoms with van der Waals surface area (Å²) in [6, 6.07) is 14.7. The van der Waals surface area contributed by atoms with Crippen LogP contribution in [0.2, 0.25) is 0 Å². The monoisotopic (exact) mass is 291 g/mol. The standard InChI is InChI=1S/C17H13N3O2/c21-14-7-2-1-5-12(14)11-15-19-13-6-3-9-18-17(13)20(15)16-8-4-10-22-16/h1-10,21H,11H2. The molecule has 22 heavy (non-hydrogen) atoms. The molecule has 4 rings (SSSR count). The molecule has 0 saturated heterocycles. The minimum Gasteiger partial charge on any atom is -0.508 e. The number of phenolic OH excluding ortho intramolecular Hbond substituents is 1. The number of hydrogen-bond donors (Lipinski definition) is 1. The van der Waals surface area contributed by atoms with Gasteiger partial charge in [0, 0.05) is 24.2 Å². The smallest absolute Gasteiger partial charge is 0.206 e. The van der Waals surface area contributed by atoms with Crippen LogP contribution in [0.25, 0.3) is 17.0 Å². The lowest BCUT2D eigenvalue weighted by Crippen LogP contribution is -2.02. The highest BCUT2D eigenvalue weighted by molar-refractivity contribution is 5.73. The van der Waals surface area contributed by atoms with Crippen molar-refractivity contribution in [1.29, 1.82) is 0 Å². The normalized spacial score (nSPS) is 11.1. The van der Waals surface area contributed by atoms with Gasteiger partial charge in [-0.3, -0.25) is 0 Å². The molecule has 0 amide bonds. The van der Waals surface area contributed by atoms with E-state index in [0.29, 0.717) is 12.3 Å². The van der Waals surface area contributed by atoms with E-state index in [1.165, 1.54) is 0 Å². The summed E-state index contributed by atoms with van der Waals surface area (Å²) in [5, 5.41) is 9.99. The predicted molar refractivity (Wildman–Crippen MR) is 82.0 cm³/mol. The van der Waals surface area contributed by atoms with E-state index < -0.39 is 0 Å². The van der Waals surface area contributed by atoms with Gasteiger partial charge in [0.05, 0.1) is 6.26 Å². The largest absolute Gasteiger partial charge is 0.508 e. The van der Waals surface area contributed by atoms with Crippen molar-refractivity contribution in [3.05, 3.63) is 72.4 Å². The van der Waals surface area contributed by atoms with Crippen LogP contribution in [0.3, 0.4) is 0 Å². The third-order valence-electron chi connectivity index (χ3n) is 3.55. The highest BCUT2D eigenvalue weighted by Crippen LogP contribution is 2.25. The van der Waals surface area contributed by atoms with E-state index >= 15 is 0 Å². The van der Waals surface area contributed by atoms with E-state index in [1.807, 2.05) is 41.0 Å². The average Bonchev–Trinajstić information content (AvgIpc) is 3.16. The third kappa shape index (κ3) is 2.03. The molecule has 0 atom stereocenters. The Morgan fingerprint density at radius 2 is 1.95 bits per heavy atom. The zero-order valence-electron chi connectivity index (χ0n) is 11.7. The lowest BCUT2D eigenvalue weighted by molar-refractivity contribution is 0.468. The van der Waals surface area contributed by atoms with Crippen molar-refractivity contribution in [2.45, 2.75) is 6.42 Å². The first-order valence-electron chi connectivity index (χ1n) is 6.96. The molecule has 3 heterocycles. The summed E-state index contributed by atoms with van der Waals surface area (Å²) in [6.07, 6.45) is 3.84.